The molecule has 2 rings (SSSR count). The van der Waals surface area contributed by atoms with E-state index in [-0.39, 0.29) is 0 Å². The Labute approximate surface area is 65.7 Å². The quantitative estimate of drug-likeness (QED) is 0.512. The van der Waals surface area contributed by atoms with Crippen molar-refractivity contribution in [2.24, 2.45) is 5.92 Å². The summed E-state index contributed by atoms with van der Waals surface area (Å²) in [5.74, 6) is 7.29. The zero-order valence-electron chi connectivity index (χ0n) is 6.12. The van der Waals surface area contributed by atoms with Crippen LogP contribution in [0.1, 0.15) is 18.7 Å². The zero-order valence-corrected chi connectivity index (χ0v) is 6.12. The van der Waals surface area contributed by atoms with Gasteiger partial charge in [0.15, 0.2) is 0 Å². The highest BCUT2D eigenvalue weighted by atomic mass is 14.8. The van der Waals surface area contributed by atoms with Gasteiger partial charge in [0, 0.05) is 18.3 Å². The van der Waals surface area contributed by atoms with Gasteiger partial charge in [-0.1, -0.05) is 5.92 Å². The van der Waals surface area contributed by atoms with Gasteiger partial charge in [-0.2, -0.15) is 0 Å². The van der Waals surface area contributed by atoms with Crippen molar-refractivity contribution in [1.29, 1.82) is 0 Å². The van der Waals surface area contributed by atoms with E-state index in [1.807, 2.05) is 0 Å². The standard InChI is InChI=1S/C9H8N2/c1-6-10-9(11-7-1)5-4-8-2-3-8/h1,6-8H,2-3H2. The number of nitrogens with zero attached hydrogens (tertiary/aromatic N) is 2. The summed E-state index contributed by atoms with van der Waals surface area (Å²) < 4.78 is 0. The summed E-state index contributed by atoms with van der Waals surface area (Å²) in [6.45, 7) is 0. The second kappa shape index (κ2) is 2.71. The molecular formula is C9H8N2. The summed E-state index contributed by atoms with van der Waals surface area (Å²) in [7, 11) is 0. The first kappa shape index (κ1) is 6.36. The van der Waals surface area contributed by atoms with E-state index in [9.17, 15) is 0 Å². The summed E-state index contributed by atoms with van der Waals surface area (Å²) in [6, 6.07) is 1.79. The fourth-order valence-electron chi connectivity index (χ4n) is 0.758. The molecule has 1 aliphatic carbocycles. The van der Waals surface area contributed by atoms with E-state index >= 15 is 0 Å². The third kappa shape index (κ3) is 1.78. The highest BCUT2D eigenvalue weighted by molar-refractivity contribution is 5.22. The highest BCUT2D eigenvalue weighted by Gasteiger charge is 2.17. The van der Waals surface area contributed by atoms with Crippen LogP contribution < -0.4 is 0 Å². The van der Waals surface area contributed by atoms with Crippen LogP contribution in [-0.2, 0) is 0 Å². The summed E-state index contributed by atoms with van der Waals surface area (Å²) in [5.41, 5.74) is 0. The molecular weight excluding hydrogens is 136 g/mol. The molecule has 0 aromatic carbocycles. The number of hydrogen-bond donors (Lipinski definition) is 0. The van der Waals surface area contributed by atoms with Gasteiger partial charge in [0.1, 0.15) is 0 Å². The van der Waals surface area contributed by atoms with E-state index in [2.05, 4.69) is 21.8 Å². The van der Waals surface area contributed by atoms with Gasteiger partial charge in [0.05, 0.1) is 0 Å². The average molecular weight is 144 g/mol. The highest BCUT2D eigenvalue weighted by Crippen LogP contribution is 2.27. The Hall–Kier alpha value is -1.36. The summed E-state index contributed by atoms with van der Waals surface area (Å²) in [6.07, 6.45) is 5.92. The molecule has 0 atom stereocenters. The predicted octanol–water partition coefficient (Wildman–Crippen LogP) is 1.24. The minimum Gasteiger partial charge on any atom is -0.229 e. The van der Waals surface area contributed by atoms with Gasteiger partial charge in [-0.25, -0.2) is 9.97 Å². The number of aromatic nitrogens is 2. The maximum atomic E-state index is 3.99. The van der Waals surface area contributed by atoms with Gasteiger partial charge in [0.25, 0.3) is 0 Å². The maximum Gasteiger partial charge on any atom is 0.204 e. The maximum absolute atomic E-state index is 3.99. The van der Waals surface area contributed by atoms with Crippen LogP contribution in [0.4, 0.5) is 0 Å². The SMILES string of the molecule is C(#CC1CC1)c1ncccn1. The second-order valence-corrected chi connectivity index (χ2v) is 2.62. The lowest BCUT2D eigenvalue weighted by Crippen LogP contribution is -1.84. The smallest absolute Gasteiger partial charge is 0.204 e. The van der Waals surface area contributed by atoms with Crippen LogP contribution >= 0.6 is 0 Å². The van der Waals surface area contributed by atoms with E-state index in [1.165, 1.54) is 12.8 Å². The molecule has 1 heterocycles. The van der Waals surface area contributed by atoms with E-state index in [4.69, 9.17) is 0 Å². The lowest BCUT2D eigenvalue weighted by molar-refractivity contribution is 1.12. The first-order chi connectivity index (χ1) is 5.45. The van der Waals surface area contributed by atoms with E-state index in [0.29, 0.717) is 11.7 Å². The van der Waals surface area contributed by atoms with Crippen LogP contribution in [0.15, 0.2) is 18.5 Å². The molecule has 54 valence electrons. The van der Waals surface area contributed by atoms with Crippen LogP contribution in [0, 0.1) is 17.8 Å². The Morgan fingerprint density at radius 2 is 2.00 bits per heavy atom. The third-order valence-electron chi connectivity index (χ3n) is 1.53. The predicted molar refractivity (Wildman–Crippen MR) is 41.6 cm³/mol. The Morgan fingerprint density at radius 3 is 2.64 bits per heavy atom. The van der Waals surface area contributed by atoms with Gasteiger partial charge in [-0.15, -0.1) is 0 Å². The van der Waals surface area contributed by atoms with Crippen LogP contribution in [-0.4, -0.2) is 9.97 Å². The molecule has 1 fully saturated rings. The second-order valence-electron chi connectivity index (χ2n) is 2.62. The van der Waals surface area contributed by atoms with Crippen molar-refractivity contribution in [2.45, 2.75) is 12.8 Å². The Bertz CT molecular complexity index is 290. The lowest BCUT2D eigenvalue weighted by atomic mass is 10.4. The van der Waals surface area contributed by atoms with Gasteiger partial charge in [-0.05, 0) is 24.8 Å². The van der Waals surface area contributed by atoms with E-state index in [0.717, 1.165) is 0 Å². The third-order valence-corrected chi connectivity index (χ3v) is 1.53. The van der Waals surface area contributed by atoms with Gasteiger partial charge in [-0.3, -0.25) is 0 Å². The molecule has 0 unspecified atom stereocenters. The molecule has 2 nitrogen and oxygen atoms in total. The summed E-state index contributed by atoms with van der Waals surface area (Å²) in [4.78, 5) is 7.99. The average Bonchev–Trinajstić information content (AvgIpc) is 2.86. The lowest BCUT2D eigenvalue weighted by Gasteiger charge is -1.83. The van der Waals surface area contributed by atoms with Gasteiger partial charge >= 0.3 is 0 Å². The fourth-order valence-corrected chi connectivity index (χ4v) is 0.758. The Kier molecular flexibility index (Phi) is 1.57. The monoisotopic (exact) mass is 144 g/mol. The van der Waals surface area contributed by atoms with Crippen molar-refractivity contribution in [1.82, 2.24) is 9.97 Å². The Morgan fingerprint density at radius 1 is 1.27 bits per heavy atom. The molecule has 0 spiro atoms. The fraction of sp³-hybridized carbons (Fsp3) is 0.333. The molecule has 11 heavy (non-hydrogen) atoms. The molecule has 1 aromatic heterocycles. The van der Waals surface area contributed by atoms with E-state index < -0.39 is 0 Å². The molecule has 0 saturated heterocycles. The Balaban J connectivity index is 2.12. The molecule has 0 N–H and O–H groups in total. The molecule has 1 saturated carbocycles. The van der Waals surface area contributed by atoms with Crippen molar-refractivity contribution in [3.8, 4) is 11.8 Å². The molecule has 1 aliphatic rings. The molecule has 0 bridgehead atoms. The molecule has 0 aliphatic heterocycles. The summed E-state index contributed by atoms with van der Waals surface area (Å²) >= 11 is 0. The number of hydrogen-bond acceptors (Lipinski definition) is 2. The normalized spacial score (nSPS) is 15.3. The topological polar surface area (TPSA) is 25.8 Å². The van der Waals surface area contributed by atoms with Crippen molar-refractivity contribution < 1.29 is 0 Å². The molecule has 0 amide bonds. The van der Waals surface area contributed by atoms with Crippen molar-refractivity contribution in [2.75, 3.05) is 0 Å². The zero-order chi connectivity index (χ0) is 7.52. The van der Waals surface area contributed by atoms with Crippen molar-refractivity contribution >= 4 is 0 Å². The van der Waals surface area contributed by atoms with Crippen LogP contribution in [0.5, 0.6) is 0 Å². The van der Waals surface area contributed by atoms with Crippen LogP contribution in [0.3, 0.4) is 0 Å². The molecule has 1 aromatic rings. The first-order valence-electron chi connectivity index (χ1n) is 3.74. The van der Waals surface area contributed by atoms with Gasteiger partial charge < -0.3 is 0 Å². The minimum absolute atomic E-state index is 0.624. The largest absolute Gasteiger partial charge is 0.229 e. The first-order valence-corrected chi connectivity index (χ1v) is 3.74. The van der Waals surface area contributed by atoms with Crippen LogP contribution in [0.2, 0.25) is 0 Å². The van der Waals surface area contributed by atoms with Crippen molar-refractivity contribution in [3.05, 3.63) is 24.3 Å². The molecule has 2 heteroatoms. The summed E-state index contributed by atoms with van der Waals surface area (Å²) in [5, 5.41) is 0. The molecule has 0 radical (unpaired) electrons. The van der Waals surface area contributed by atoms with Crippen LogP contribution in [0.25, 0.3) is 0 Å². The van der Waals surface area contributed by atoms with Gasteiger partial charge in [0.2, 0.25) is 5.82 Å². The minimum atomic E-state index is 0.624. The van der Waals surface area contributed by atoms with Crippen molar-refractivity contribution in [3.63, 3.8) is 0 Å². The van der Waals surface area contributed by atoms with E-state index in [1.54, 1.807) is 18.5 Å². The number of rotatable bonds is 0.